The molecule has 0 bridgehead atoms. The van der Waals surface area contributed by atoms with Crippen LogP contribution in [0.3, 0.4) is 0 Å². The fourth-order valence-corrected chi connectivity index (χ4v) is 4.45. The Balaban J connectivity index is 1.59. The van der Waals surface area contributed by atoms with Gasteiger partial charge in [0.15, 0.2) is 10.9 Å². The van der Waals surface area contributed by atoms with Crippen molar-refractivity contribution in [1.82, 2.24) is 29.9 Å². The number of carbonyl (C=O) groups is 2. The van der Waals surface area contributed by atoms with E-state index in [2.05, 4.69) is 20.3 Å². The lowest BCUT2D eigenvalue weighted by Gasteiger charge is -2.30. The van der Waals surface area contributed by atoms with Gasteiger partial charge in [-0.2, -0.15) is 0 Å². The molecule has 0 spiro atoms. The van der Waals surface area contributed by atoms with Gasteiger partial charge in [-0.25, -0.2) is 14.6 Å². The molecule has 0 N–H and O–H groups in total. The minimum absolute atomic E-state index is 0.181. The molecule has 1 aliphatic rings. The van der Waals surface area contributed by atoms with Gasteiger partial charge in [0, 0.05) is 31.2 Å². The zero-order valence-corrected chi connectivity index (χ0v) is 19.2. The molecule has 0 unspecified atom stereocenters. The Hall–Kier alpha value is -3.47. The standard InChI is InChI=1S/C22H24N6O4S/c1-31-17-6-4-16(5-7-17)28-18(14-33-22-23-10-3-11-24-22)19(25-26-28)20(29)27-12-8-15(9-13-27)21(30)32-2/h3-7,10-11,15H,8-9,12-14H2,1-2H3. The number of piperidine rings is 1. The van der Waals surface area contributed by atoms with E-state index in [4.69, 9.17) is 9.47 Å². The number of ether oxygens (including phenoxy) is 2. The third kappa shape index (κ3) is 5.14. The van der Waals surface area contributed by atoms with Crippen molar-refractivity contribution < 1.29 is 19.1 Å². The summed E-state index contributed by atoms with van der Waals surface area (Å²) in [7, 11) is 2.99. The third-order valence-corrected chi connectivity index (χ3v) is 6.37. The number of carbonyl (C=O) groups excluding carboxylic acids is 2. The van der Waals surface area contributed by atoms with Crippen molar-refractivity contribution in [3.63, 3.8) is 0 Å². The summed E-state index contributed by atoms with van der Waals surface area (Å²) in [6.07, 6.45) is 4.47. The van der Waals surface area contributed by atoms with Crippen LogP contribution in [0.25, 0.3) is 5.69 Å². The number of thioether (sulfide) groups is 1. The molecule has 1 aliphatic heterocycles. The fraction of sp³-hybridized carbons (Fsp3) is 0.364. The number of hydrogen-bond donors (Lipinski definition) is 0. The maximum Gasteiger partial charge on any atom is 0.308 e. The van der Waals surface area contributed by atoms with Gasteiger partial charge in [0.2, 0.25) is 0 Å². The number of amides is 1. The molecule has 2 aromatic heterocycles. The monoisotopic (exact) mass is 468 g/mol. The summed E-state index contributed by atoms with van der Waals surface area (Å²) in [5.74, 6) is 0.509. The molecule has 1 amide bonds. The summed E-state index contributed by atoms with van der Waals surface area (Å²) < 4.78 is 11.7. The highest BCUT2D eigenvalue weighted by Gasteiger charge is 2.31. The lowest BCUT2D eigenvalue weighted by molar-refractivity contribution is -0.146. The highest BCUT2D eigenvalue weighted by atomic mass is 32.2. The molecule has 1 fully saturated rings. The normalized spacial score (nSPS) is 14.2. The van der Waals surface area contributed by atoms with Gasteiger partial charge in [-0.1, -0.05) is 17.0 Å². The van der Waals surface area contributed by atoms with Crippen LogP contribution in [0.2, 0.25) is 0 Å². The molecule has 1 saturated heterocycles. The van der Waals surface area contributed by atoms with Crippen molar-refractivity contribution in [3.05, 3.63) is 54.1 Å². The van der Waals surface area contributed by atoms with E-state index >= 15 is 0 Å². The molecule has 3 aromatic rings. The van der Waals surface area contributed by atoms with Gasteiger partial charge >= 0.3 is 5.97 Å². The first-order valence-corrected chi connectivity index (χ1v) is 11.4. The third-order valence-electron chi connectivity index (χ3n) is 5.48. The van der Waals surface area contributed by atoms with Crippen LogP contribution in [-0.4, -0.2) is 69.0 Å². The number of rotatable bonds is 7. The smallest absolute Gasteiger partial charge is 0.308 e. The van der Waals surface area contributed by atoms with Crippen molar-refractivity contribution in [3.8, 4) is 11.4 Å². The van der Waals surface area contributed by atoms with E-state index in [9.17, 15) is 9.59 Å². The second-order valence-corrected chi connectivity index (χ2v) is 8.35. The number of nitrogens with zero attached hydrogens (tertiary/aromatic N) is 6. The molecule has 172 valence electrons. The quantitative estimate of drug-likeness (QED) is 0.293. The van der Waals surface area contributed by atoms with Crippen LogP contribution in [0.5, 0.6) is 5.75 Å². The largest absolute Gasteiger partial charge is 0.497 e. The molecule has 1 aromatic carbocycles. The average Bonchev–Trinajstić information content (AvgIpc) is 3.31. The number of esters is 1. The Morgan fingerprint density at radius 3 is 2.42 bits per heavy atom. The highest BCUT2D eigenvalue weighted by molar-refractivity contribution is 7.98. The summed E-state index contributed by atoms with van der Waals surface area (Å²) in [5.41, 5.74) is 1.69. The van der Waals surface area contributed by atoms with Crippen molar-refractivity contribution in [1.29, 1.82) is 0 Å². The summed E-state index contributed by atoms with van der Waals surface area (Å²) in [5, 5.41) is 9.11. The van der Waals surface area contributed by atoms with E-state index < -0.39 is 0 Å². The summed E-state index contributed by atoms with van der Waals surface area (Å²) in [6.45, 7) is 0.921. The molecule has 0 saturated carbocycles. The van der Waals surface area contributed by atoms with Gasteiger partial charge in [0.25, 0.3) is 5.91 Å². The van der Waals surface area contributed by atoms with Crippen LogP contribution >= 0.6 is 11.8 Å². The second kappa shape index (κ2) is 10.4. The maximum atomic E-state index is 13.4. The Labute approximate surface area is 195 Å². The molecular weight excluding hydrogens is 444 g/mol. The molecule has 0 atom stereocenters. The van der Waals surface area contributed by atoms with E-state index in [0.29, 0.717) is 42.5 Å². The van der Waals surface area contributed by atoms with Crippen molar-refractivity contribution in [2.45, 2.75) is 23.8 Å². The molecule has 33 heavy (non-hydrogen) atoms. The van der Waals surface area contributed by atoms with Crippen LogP contribution in [0.4, 0.5) is 0 Å². The lowest BCUT2D eigenvalue weighted by Crippen LogP contribution is -2.41. The predicted octanol–water partition coefficient (Wildman–Crippen LogP) is 2.38. The van der Waals surface area contributed by atoms with Gasteiger partial charge in [-0.05, 0) is 43.2 Å². The summed E-state index contributed by atoms with van der Waals surface area (Å²) in [6, 6.07) is 9.12. The Bertz CT molecular complexity index is 1100. The fourth-order valence-electron chi connectivity index (χ4n) is 3.66. The number of hydrogen-bond acceptors (Lipinski definition) is 9. The first kappa shape index (κ1) is 22.7. The van der Waals surface area contributed by atoms with E-state index in [-0.39, 0.29) is 23.5 Å². The summed E-state index contributed by atoms with van der Waals surface area (Å²) in [4.78, 5) is 35.4. The molecular formula is C22H24N6O4S. The minimum atomic E-state index is -0.229. The number of aromatic nitrogens is 5. The van der Waals surface area contributed by atoms with Crippen LogP contribution in [-0.2, 0) is 15.3 Å². The van der Waals surface area contributed by atoms with Crippen LogP contribution < -0.4 is 4.74 Å². The molecule has 0 radical (unpaired) electrons. The molecule has 10 nitrogen and oxygen atoms in total. The lowest BCUT2D eigenvalue weighted by atomic mass is 9.97. The predicted molar refractivity (Wildman–Crippen MR) is 120 cm³/mol. The molecule has 4 rings (SSSR count). The Kier molecular flexibility index (Phi) is 7.18. The molecule has 3 heterocycles. The number of likely N-dealkylation sites (tertiary alicyclic amines) is 1. The van der Waals surface area contributed by atoms with Crippen molar-refractivity contribution in [2.75, 3.05) is 27.3 Å². The van der Waals surface area contributed by atoms with Crippen LogP contribution in [0.15, 0.2) is 47.9 Å². The Morgan fingerprint density at radius 2 is 1.79 bits per heavy atom. The van der Waals surface area contributed by atoms with Crippen LogP contribution in [0.1, 0.15) is 29.0 Å². The van der Waals surface area contributed by atoms with Gasteiger partial charge < -0.3 is 14.4 Å². The van der Waals surface area contributed by atoms with Crippen LogP contribution in [0, 0.1) is 5.92 Å². The highest BCUT2D eigenvalue weighted by Crippen LogP contribution is 2.26. The Morgan fingerprint density at radius 1 is 1.09 bits per heavy atom. The van der Waals surface area contributed by atoms with E-state index in [0.717, 1.165) is 11.4 Å². The zero-order valence-electron chi connectivity index (χ0n) is 18.4. The summed E-state index contributed by atoms with van der Waals surface area (Å²) >= 11 is 1.40. The molecule has 11 heteroatoms. The van der Waals surface area contributed by atoms with Gasteiger partial charge in [-0.3, -0.25) is 9.59 Å². The van der Waals surface area contributed by atoms with Gasteiger partial charge in [0.05, 0.1) is 31.5 Å². The minimum Gasteiger partial charge on any atom is -0.497 e. The van der Waals surface area contributed by atoms with E-state index in [1.807, 2.05) is 24.3 Å². The van der Waals surface area contributed by atoms with Gasteiger partial charge in [-0.15, -0.1) is 5.10 Å². The number of methoxy groups -OCH3 is 2. The number of benzene rings is 1. The first-order valence-electron chi connectivity index (χ1n) is 10.5. The zero-order chi connectivity index (χ0) is 23.2. The van der Waals surface area contributed by atoms with E-state index in [1.165, 1.54) is 18.9 Å². The topological polar surface area (TPSA) is 112 Å². The maximum absolute atomic E-state index is 13.4. The van der Waals surface area contributed by atoms with Gasteiger partial charge in [0.1, 0.15) is 5.75 Å². The first-order chi connectivity index (χ1) is 16.1. The van der Waals surface area contributed by atoms with Crippen molar-refractivity contribution in [2.24, 2.45) is 5.92 Å². The van der Waals surface area contributed by atoms with Crippen molar-refractivity contribution >= 4 is 23.6 Å². The SMILES string of the molecule is COC(=O)C1CCN(C(=O)c2nnn(-c3ccc(OC)cc3)c2CSc2ncccn2)CC1. The molecule has 0 aliphatic carbocycles. The second-order valence-electron chi connectivity index (χ2n) is 7.40. The van der Waals surface area contributed by atoms with E-state index in [1.54, 1.807) is 35.2 Å². The average molecular weight is 469 g/mol.